The Balaban J connectivity index is 0.00000420. The molecule has 0 unspecified atom stereocenters. The number of thiazole rings is 1. The molecule has 0 saturated heterocycles. The van der Waals surface area contributed by atoms with E-state index in [1.54, 1.807) is 6.20 Å². The Morgan fingerprint density at radius 1 is 1.17 bits per heavy atom. The van der Waals surface area contributed by atoms with Crippen LogP contribution in [0.2, 0.25) is 0 Å². The molecule has 162 valence electrons. The standard InChI is InChI=1S/C18H25F3N6S.HI/c1-2-22-17(25-11-6-5-10-24-15-7-3-4-9-23-15)26-12-8-16-27-14(13-28-16)18(19,20)21;/h3-4,7,9,13H,2,5-6,8,10-12H2,1H3,(H,23,24)(H2,22,25,26);1H. The van der Waals surface area contributed by atoms with Gasteiger partial charge in [-0.3, -0.25) is 4.99 Å². The molecular formula is C18H26F3IN6S. The number of alkyl halides is 3. The van der Waals surface area contributed by atoms with Crippen molar-refractivity contribution in [1.82, 2.24) is 20.6 Å². The smallest absolute Gasteiger partial charge is 0.370 e. The number of aliphatic imine (C=N–C) groups is 1. The maximum atomic E-state index is 12.6. The molecule has 0 saturated carbocycles. The molecule has 6 nitrogen and oxygen atoms in total. The van der Waals surface area contributed by atoms with Crippen molar-refractivity contribution in [2.45, 2.75) is 32.4 Å². The van der Waals surface area contributed by atoms with Crippen LogP contribution >= 0.6 is 35.3 Å². The highest BCUT2D eigenvalue weighted by atomic mass is 127. The van der Waals surface area contributed by atoms with Gasteiger partial charge in [0.15, 0.2) is 11.7 Å². The van der Waals surface area contributed by atoms with Crippen molar-refractivity contribution in [3.63, 3.8) is 0 Å². The minimum atomic E-state index is -4.38. The van der Waals surface area contributed by atoms with Crippen LogP contribution in [0.15, 0.2) is 34.8 Å². The van der Waals surface area contributed by atoms with E-state index in [4.69, 9.17) is 0 Å². The molecule has 0 radical (unpaired) electrons. The number of pyridine rings is 1. The minimum absolute atomic E-state index is 0. The quantitative estimate of drug-likeness (QED) is 0.182. The Morgan fingerprint density at radius 2 is 2.00 bits per heavy atom. The highest BCUT2D eigenvalue weighted by molar-refractivity contribution is 14.0. The van der Waals surface area contributed by atoms with Gasteiger partial charge in [-0.2, -0.15) is 13.2 Å². The molecule has 2 rings (SSSR count). The summed E-state index contributed by atoms with van der Waals surface area (Å²) in [7, 11) is 0. The van der Waals surface area contributed by atoms with Crippen molar-refractivity contribution < 1.29 is 13.2 Å². The van der Waals surface area contributed by atoms with E-state index in [-0.39, 0.29) is 24.0 Å². The predicted octanol–water partition coefficient (Wildman–Crippen LogP) is 4.16. The van der Waals surface area contributed by atoms with Crippen molar-refractivity contribution in [2.24, 2.45) is 4.99 Å². The van der Waals surface area contributed by atoms with Gasteiger partial charge in [0, 0.05) is 44.2 Å². The SMILES string of the molecule is CCNC(=NCCCCNc1ccccn1)NCCc1nc(C(F)(F)F)cs1.I. The second-order valence-corrected chi connectivity index (χ2v) is 6.85. The number of guanidine groups is 1. The van der Waals surface area contributed by atoms with E-state index in [0.29, 0.717) is 37.0 Å². The lowest BCUT2D eigenvalue weighted by molar-refractivity contribution is -0.140. The summed E-state index contributed by atoms with van der Waals surface area (Å²) in [5.41, 5.74) is -0.826. The Bertz CT molecular complexity index is 724. The summed E-state index contributed by atoms with van der Waals surface area (Å²) in [6, 6.07) is 5.73. The lowest BCUT2D eigenvalue weighted by Gasteiger charge is -2.10. The van der Waals surface area contributed by atoms with Gasteiger partial charge in [-0.1, -0.05) is 6.07 Å². The maximum absolute atomic E-state index is 12.6. The van der Waals surface area contributed by atoms with E-state index in [1.165, 1.54) is 0 Å². The third-order valence-corrected chi connectivity index (χ3v) is 4.55. The number of rotatable bonds is 10. The number of hydrogen-bond acceptors (Lipinski definition) is 5. The van der Waals surface area contributed by atoms with E-state index < -0.39 is 11.9 Å². The van der Waals surface area contributed by atoms with Crippen LogP contribution in [0.5, 0.6) is 0 Å². The van der Waals surface area contributed by atoms with Gasteiger partial charge in [0.05, 0.1) is 5.01 Å². The molecule has 0 aliphatic heterocycles. The van der Waals surface area contributed by atoms with Gasteiger partial charge in [0.25, 0.3) is 0 Å². The number of nitrogens with one attached hydrogen (secondary N) is 3. The number of unbranched alkanes of at least 4 members (excludes halogenated alkanes) is 1. The zero-order chi connectivity index (χ0) is 20.2. The lowest BCUT2D eigenvalue weighted by atomic mass is 10.3. The Morgan fingerprint density at radius 3 is 2.66 bits per heavy atom. The number of nitrogens with zero attached hydrogens (tertiary/aromatic N) is 3. The molecule has 0 atom stereocenters. The van der Waals surface area contributed by atoms with Crippen molar-refractivity contribution in [3.05, 3.63) is 40.5 Å². The molecule has 0 bridgehead atoms. The molecule has 3 N–H and O–H groups in total. The molecule has 0 spiro atoms. The number of anilines is 1. The van der Waals surface area contributed by atoms with E-state index in [1.807, 2.05) is 25.1 Å². The molecule has 29 heavy (non-hydrogen) atoms. The van der Waals surface area contributed by atoms with Gasteiger partial charge in [-0.15, -0.1) is 35.3 Å². The normalized spacial score (nSPS) is 11.7. The summed E-state index contributed by atoms with van der Waals surface area (Å²) >= 11 is 1.02. The highest BCUT2D eigenvalue weighted by Gasteiger charge is 2.33. The van der Waals surface area contributed by atoms with Gasteiger partial charge >= 0.3 is 6.18 Å². The van der Waals surface area contributed by atoms with Gasteiger partial charge in [-0.25, -0.2) is 9.97 Å². The maximum Gasteiger partial charge on any atom is 0.434 e. The van der Waals surface area contributed by atoms with Crippen molar-refractivity contribution >= 4 is 47.1 Å². The van der Waals surface area contributed by atoms with Gasteiger partial charge in [-0.05, 0) is 31.9 Å². The fourth-order valence-corrected chi connectivity index (χ4v) is 3.10. The van der Waals surface area contributed by atoms with Crippen LogP contribution < -0.4 is 16.0 Å². The van der Waals surface area contributed by atoms with Crippen LogP contribution in [0.4, 0.5) is 19.0 Å². The summed E-state index contributed by atoms with van der Waals surface area (Å²) < 4.78 is 37.7. The molecule has 2 heterocycles. The number of halogens is 4. The second kappa shape index (κ2) is 13.6. The van der Waals surface area contributed by atoms with Crippen LogP contribution in [0.25, 0.3) is 0 Å². The van der Waals surface area contributed by atoms with Crippen LogP contribution in [0.3, 0.4) is 0 Å². The molecule has 0 fully saturated rings. The molecule has 0 aliphatic rings. The Labute approximate surface area is 189 Å². The first-order valence-corrected chi connectivity index (χ1v) is 10.1. The van der Waals surface area contributed by atoms with E-state index in [2.05, 4.69) is 30.9 Å². The third kappa shape index (κ3) is 10.1. The summed E-state index contributed by atoms with van der Waals surface area (Å²) in [5.74, 6) is 1.52. The first-order valence-electron chi connectivity index (χ1n) is 9.17. The van der Waals surface area contributed by atoms with Crippen LogP contribution in [0, 0.1) is 0 Å². The fraction of sp³-hybridized carbons (Fsp3) is 0.500. The Hall–Kier alpha value is -1.63. The fourth-order valence-electron chi connectivity index (χ4n) is 2.30. The van der Waals surface area contributed by atoms with Crippen molar-refractivity contribution in [2.75, 3.05) is 31.5 Å². The van der Waals surface area contributed by atoms with Crippen LogP contribution in [-0.4, -0.2) is 42.1 Å². The number of aromatic nitrogens is 2. The highest BCUT2D eigenvalue weighted by Crippen LogP contribution is 2.29. The summed E-state index contributed by atoms with van der Waals surface area (Å²) in [5, 5.41) is 11.0. The predicted molar refractivity (Wildman–Crippen MR) is 122 cm³/mol. The average Bonchev–Trinajstić information content (AvgIpc) is 3.15. The van der Waals surface area contributed by atoms with Gasteiger partial charge in [0.1, 0.15) is 5.82 Å². The average molecular weight is 542 g/mol. The second-order valence-electron chi connectivity index (χ2n) is 5.91. The minimum Gasteiger partial charge on any atom is -0.370 e. The summed E-state index contributed by atoms with van der Waals surface area (Å²) in [6.07, 6.45) is -0.351. The molecule has 11 heteroatoms. The van der Waals surface area contributed by atoms with Crippen molar-refractivity contribution in [3.8, 4) is 0 Å². The van der Waals surface area contributed by atoms with Crippen LogP contribution in [-0.2, 0) is 12.6 Å². The molecule has 0 amide bonds. The lowest BCUT2D eigenvalue weighted by Crippen LogP contribution is -2.38. The van der Waals surface area contributed by atoms with Crippen LogP contribution in [0.1, 0.15) is 30.5 Å². The van der Waals surface area contributed by atoms with E-state index in [9.17, 15) is 13.2 Å². The molecule has 2 aromatic rings. The first-order chi connectivity index (χ1) is 13.5. The summed E-state index contributed by atoms with van der Waals surface area (Å²) in [4.78, 5) is 12.3. The summed E-state index contributed by atoms with van der Waals surface area (Å²) in [6.45, 7) is 4.63. The molecular weight excluding hydrogens is 516 g/mol. The zero-order valence-electron chi connectivity index (χ0n) is 16.1. The largest absolute Gasteiger partial charge is 0.434 e. The van der Waals surface area contributed by atoms with Gasteiger partial charge in [0.2, 0.25) is 0 Å². The topological polar surface area (TPSA) is 74.2 Å². The van der Waals surface area contributed by atoms with E-state index in [0.717, 1.165) is 41.9 Å². The Kier molecular flexibility index (Phi) is 11.9. The number of hydrogen-bond donors (Lipinski definition) is 3. The molecule has 0 aromatic carbocycles. The molecule has 0 aliphatic carbocycles. The molecule has 2 aromatic heterocycles. The first kappa shape index (κ1) is 25.4. The zero-order valence-corrected chi connectivity index (χ0v) is 19.3. The van der Waals surface area contributed by atoms with E-state index >= 15 is 0 Å². The monoisotopic (exact) mass is 542 g/mol. The van der Waals surface area contributed by atoms with Gasteiger partial charge < -0.3 is 16.0 Å². The van der Waals surface area contributed by atoms with Crippen molar-refractivity contribution in [1.29, 1.82) is 0 Å². The third-order valence-electron chi connectivity index (χ3n) is 3.64.